The Morgan fingerprint density at radius 2 is 2.10 bits per heavy atom. The Balaban J connectivity index is 1.62. The zero-order valence-electron chi connectivity index (χ0n) is 18.0. The second kappa shape index (κ2) is 9.40. The molecule has 2 heterocycles. The van der Waals surface area contributed by atoms with Gasteiger partial charge in [0.1, 0.15) is 16.4 Å². The van der Waals surface area contributed by atoms with Crippen LogP contribution >= 0.6 is 11.3 Å². The van der Waals surface area contributed by atoms with Crippen molar-refractivity contribution in [3.63, 3.8) is 0 Å². The van der Waals surface area contributed by atoms with Crippen LogP contribution < -0.4 is 15.6 Å². The summed E-state index contributed by atoms with van der Waals surface area (Å²) in [7, 11) is 5.59. The number of aromatic nitrogens is 2. The zero-order chi connectivity index (χ0) is 21.8. The normalized spacial score (nSPS) is 12.3. The first-order chi connectivity index (χ1) is 14.3. The Morgan fingerprint density at radius 1 is 1.33 bits per heavy atom. The lowest BCUT2D eigenvalue weighted by atomic mass is 10.1. The Morgan fingerprint density at radius 3 is 2.80 bits per heavy atom. The summed E-state index contributed by atoms with van der Waals surface area (Å²) in [6.45, 7) is 4.39. The van der Waals surface area contributed by atoms with Crippen molar-refractivity contribution in [3.8, 4) is 5.75 Å². The van der Waals surface area contributed by atoms with Crippen LogP contribution in [0, 0.1) is 13.8 Å². The highest BCUT2D eigenvalue weighted by atomic mass is 32.1. The third-order valence-electron chi connectivity index (χ3n) is 5.27. The molecule has 0 fully saturated rings. The largest absolute Gasteiger partial charge is 0.497 e. The lowest BCUT2D eigenvalue weighted by Gasteiger charge is -2.25. The monoisotopic (exact) mass is 428 g/mol. The number of nitrogens with zero attached hydrogens (tertiary/aromatic N) is 2. The smallest absolute Gasteiger partial charge is 0.259 e. The number of hydrogen-bond acceptors (Lipinski definition) is 6. The van der Waals surface area contributed by atoms with Gasteiger partial charge in [-0.15, -0.1) is 11.3 Å². The third-order valence-corrected chi connectivity index (χ3v) is 6.37. The van der Waals surface area contributed by atoms with Crippen LogP contribution in [0.2, 0.25) is 0 Å². The van der Waals surface area contributed by atoms with E-state index in [1.807, 2.05) is 52.2 Å². The van der Waals surface area contributed by atoms with Gasteiger partial charge < -0.3 is 19.9 Å². The molecule has 30 heavy (non-hydrogen) atoms. The second-order valence-corrected chi connectivity index (χ2v) is 8.74. The van der Waals surface area contributed by atoms with E-state index in [1.54, 1.807) is 7.11 Å². The van der Waals surface area contributed by atoms with Crippen LogP contribution in [0.4, 0.5) is 0 Å². The number of nitrogens with one attached hydrogen (secondary N) is 2. The van der Waals surface area contributed by atoms with Gasteiger partial charge in [-0.25, -0.2) is 4.98 Å². The van der Waals surface area contributed by atoms with E-state index < -0.39 is 0 Å². The number of carbonyl (C=O) groups is 1. The number of benzene rings is 1. The minimum absolute atomic E-state index is 0.0235. The van der Waals surface area contributed by atoms with Crippen LogP contribution in [0.3, 0.4) is 0 Å². The van der Waals surface area contributed by atoms with Crippen molar-refractivity contribution >= 4 is 27.5 Å². The average molecular weight is 429 g/mol. The number of ether oxygens (including phenoxy) is 1. The number of amides is 1. The highest BCUT2D eigenvalue weighted by Gasteiger charge is 2.17. The number of thiophene rings is 1. The molecule has 3 rings (SSSR count). The van der Waals surface area contributed by atoms with Crippen LogP contribution in [0.1, 0.15) is 34.3 Å². The second-order valence-electron chi connectivity index (χ2n) is 7.54. The molecule has 0 bridgehead atoms. The van der Waals surface area contributed by atoms with E-state index in [-0.39, 0.29) is 23.9 Å². The fourth-order valence-electron chi connectivity index (χ4n) is 3.40. The minimum Gasteiger partial charge on any atom is -0.497 e. The zero-order valence-corrected chi connectivity index (χ0v) is 18.9. The van der Waals surface area contributed by atoms with Crippen molar-refractivity contribution in [1.82, 2.24) is 20.2 Å². The van der Waals surface area contributed by atoms with E-state index in [9.17, 15) is 9.59 Å². The maximum absolute atomic E-state index is 12.4. The number of hydrogen-bond donors (Lipinski definition) is 2. The highest BCUT2D eigenvalue weighted by molar-refractivity contribution is 7.18. The van der Waals surface area contributed by atoms with Crippen LogP contribution in [-0.2, 0) is 11.2 Å². The van der Waals surface area contributed by atoms with Gasteiger partial charge in [-0.2, -0.15) is 0 Å². The fraction of sp³-hybridized carbons (Fsp3) is 0.409. The predicted molar refractivity (Wildman–Crippen MR) is 120 cm³/mol. The van der Waals surface area contributed by atoms with Gasteiger partial charge in [0.2, 0.25) is 5.91 Å². The lowest BCUT2D eigenvalue weighted by Crippen LogP contribution is -2.34. The number of aryl methyl sites for hydroxylation is 3. The molecule has 1 amide bonds. The number of rotatable bonds is 8. The van der Waals surface area contributed by atoms with Crippen molar-refractivity contribution in [2.24, 2.45) is 0 Å². The number of likely N-dealkylation sites (N-methyl/N-ethyl adjacent to an activating group) is 1. The summed E-state index contributed by atoms with van der Waals surface area (Å²) < 4.78 is 5.31. The number of H-pyrrole nitrogens is 1. The molecule has 1 atom stereocenters. The van der Waals surface area contributed by atoms with Crippen molar-refractivity contribution < 1.29 is 9.53 Å². The van der Waals surface area contributed by atoms with Crippen molar-refractivity contribution in [2.45, 2.75) is 32.7 Å². The van der Waals surface area contributed by atoms with Gasteiger partial charge in [0, 0.05) is 24.3 Å². The summed E-state index contributed by atoms with van der Waals surface area (Å²) in [5.41, 5.74) is 1.91. The molecule has 1 unspecified atom stereocenters. The molecule has 160 valence electrons. The maximum Gasteiger partial charge on any atom is 0.259 e. The quantitative estimate of drug-likeness (QED) is 0.576. The van der Waals surface area contributed by atoms with Gasteiger partial charge in [0.15, 0.2) is 0 Å². The number of fused-ring (bicyclic) bond motifs is 1. The molecular formula is C22H28N4O3S. The van der Waals surface area contributed by atoms with Crippen LogP contribution in [0.15, 0.2) is 29.1 Å². The first kappa shape index (κ1) is 22.0. The summed E-state index contributed by atoms with van der Waals surface area (Å²) in [4.78, 5) is 36.0. The summed E-state index contributed by atoms with van der Waals surface area (Å²) in [5, 5.41) is 3.65. The molecule has 0 spiro atoms. The Hall–Kier alpha value is -2.71. The van der Waals surface area contributed by atoms with Crippen LogP contribution in [0.5, 0.6) is 5.75 Å². The third kappa shape index (κ3) is 4.88. The molecule has 0 saturated heterocycles. The van der Waals surface area contributed by atoms with E-state index in [4.69, 9.17) is 4.74 Å². The average Bonchev–Trinajstić information content (AvgIpc) is 3.00. The van der Waals surface area contributed by atoms with Gasteiger partial charge in [0.05, 0.1) is 18.5 Å². The minimum atomic E-state index is -0.136. The van der Waals surface area contributed by atoms with Gasteiger partial charge in [-0.05, 0) is 51.2 Å². The van der Waals surface area contributed by atoms with Crippen LogP contribution in [0.25, 0.3) is 10.2 Å². The van der Waals surface area contributed by atoms with E-state index in [0.717, 1.165) is 26.6 Å². The molecular weight excluding hydrogens is 400 g/mol. The molecule has 0 saturated carbocycles. The number of methoxy groups -OCH3 is 1. The SMILES string of the molecule is COc1cccc(C(CNC(=O)CCc2nc3sc(C)c(C)c3c(=O)[nH]2)N(C)C)c1. The van der Waals surface area contributed by atoms with Gasteiger partial charge in [-0.1, -0.05) is 12.1 Å². The molecule has 3 aromatic rings. The van der Waals surface area contributed by atoms with Gasteiger partial charge in [-0.3, -0.25) is 9.59 Å². The van der Waals surface area contributed by atoms with E-state index >= 15 is 0 Å². The first-order valence-corrected chi connectivity index (χ1v) is 10.7. The molecule has 0 aliphatic carbocycles. The molecule has 1 aromatic carbocycles. The van der Waals surface area contributed by atoms with Crippen molar-refractivity contribution in [3.05, 3.63) is 56.4 Å². The standard InChI is InChI=1S/C22H28N4O3S/c1-13-14(2)30-22-20(13)21(28)24-18(25-22)9-10-19(27)23-12-17(26(3)4)15-7-6-8-16(11-15)29-5/h6-8,11,17H,9-10,12H2,1-5H3,(H,23,27)(H,24,25,28). The summed E-state index contributed by atoms with van der Waals surface area (Å²) in [5.74, 6) is 1.25. The summed E-state index contributed by atoms with van der Waals surface area (Å²) >= 11 is 1.51. The van der Waals surface area contributed by atoms with Gasteiger partial charge in [0.25, 0.3) is 5.56 Å². The summed E-state index contributed by atoms with van der Waals surface area (Å²) in [6, 6.07) is 7.87. The number of carbonyl (C=O) groups excluding carboxylic acids is 1. The highest BCUT2D eigenvalue weighted by Crippen LogP contribution is 2.26. The fourth-order valence-corrected chi connectivity index (χ4v) is 4.44. The first-order valence-electron chi connectivity index (χ1n) is 9.86. The maximum atomic E-state index is 12.4. The van der Waals surface area contributed by atoms with E-state index in [0.29, 0.717) is 24.2 Å². The molecule has 2 aromatic heterocycles. The van der Waals surface area contributed by atoms with Crippen molar-refractivity contribution in [2.75, 3.05) is 27.7 Å². The molecule has 0 aliphatic rings. The predicted octanol–water partition coefficient (Wildman–Crippen LogP) is 2.96. The Labute approximate surface area is 180 Å². The number of aromatic amines is 1. The topological polar surface area (TPSA) is 87.3 Å². The Bertz CT molecular complexity index is 1100. The molecule has 8 heteroatoms. The van der Waals surface area contributed by atoms with Gasteiger partial charge >= 0.3 is 0 Å². The summed E-state index contributed by atoms with van der Waals surface area (Å²) in [6.07, 6.45) is 0.648. The Kier molecular flexibility index (Phi) is 6.89. The molecule has 0 radical (unpaired) electrons. The molecule has 2 N–H and O–H groups in total. The van der Waals surface area contributed by atoms with Crippen molar-refractivity contribution in [1.29, 1.82) is 0 Å². The lowest BCUT2D eigenvalue weighted by molar-refractivity contribution is -0.121. The molecule has 0 aliphatic heterocycles. The molecule has 7 nitrogen and oxygen atoms in total. The van der Waals surface area contributed by atoms with Crippen LogP contribution in [-0.4, -0.2) is 48.5 Å². The van der Waals surface area contributed by atoms with E-state index in [1.165, 1.54) is 11.3 Å². The van der Waals surface area contributed by atoms with E-state index in [2.05, 4.69) is 20.2 Å².